The Balaban J connectivity index is 2.49. The molecule has 0 bridgehead atoms. The van der Waals surface area contributed by atoms with Gasteiger partial charge in [0.15, 0.2) is 0 Å². The van der Waals surface area contributed by atoms with Gasteiger partial charge in [-0.1, -0.05) is 12.1 Å². The molecular formula is C12H14O2S. The van der Waals surface area contributed by atoms with Gasteiger partial charge in [-0.15, -0.1) is 11.8 Å². The van der Waals surface area contributed by atoms with Crippen LogP contribution in [-0.4, -0.2) is 18.3 Å². The molecule has 0 aliphatic rings. The minimum absolute atomic E-state index is 0.124. The van der Waals surface area contributed by atoms with E-state index in [9.17, 15) is 9.59 Å². The van der Waals surface area contributed by atoms with Crippen molar-refractivity contribution in [1.82, 2.24) is 0 Å². The fraction of sp³-hybridized carbons (Fsp3) is 0.333. The Morgan fingerprint density at radius 2 is 2.00 bits per heavy atom. The average Bonchev–Trinajstić information content (AvgIpc) is 2.27. The lowest BCUT2D eigenvalue weighted by Gasteiger charge is -2.01. The first-order valence-corrected chi connectivity index (χ1v) is 6.07. The van der Waals surface area contributed by atoms with Crippen LogP contribution in [0, 0.1) is 0 Å². The van der Waals surface area contributed by atoms with Gasteiger partial charge in [0.25, 0.3) is 0 Å². The van der Waals surface area contributed by atoms with E-state index in [4.69, 9.17) is 0 Å². The lowest BCUT2D eigenvalue weighted by atomic mass is 10.1. The number of thioether (sulfide) groups is 1. The van der Waals surface area contributed by atoms with Gasteiger partial charge in [-0.05, 0) is 24.0 Å². The van der Waals surface area contributed by atoms with Crippen LogP contribution in [0.1, 0.15) is 18.4 Å². The van der Waals surface area contributed by atoms with Crippen molar-refractivity contribution < 1.29 is 9.59 Å². The van der Waals surface area contributed by atoms with Gasteiger partial charge in [0.1, 0.15) is 12.1 Å². The summed E-state index contributed by atoms with van der Waals surface area (Å²) in [7, 11) is 0. The maximum Gasteiger partial charge on any atom is 0.137 e. The van der Waals surface area contributed by atoms with Gasteiger partial charge >= 0.3 is 0 Å². The summed E-state index contributed by atoms with van der Waals surface area (Å²) in [4.78, 5) is 22.6. The van der Waals surface area contributed by atoms with E-state index in [-0.39, 0.29) is 5.78 Å². The molecule has 3 heteroatoms. The third kappa shape index (κ3) is 4.30. The summed E-state index contributed by atoms with van der Waals surface area (Å²) in [6, 6.07) is 7.94. The van der Waals surface area contributed by atoms with Gasteiger partial charge in [0, 0.05) is 24.2 Å². The first-order chi connectivity index (χ1) is 7.26. The minimum Gasteiger partial charge on any atom is -0.303 e. The summed E-state index contributed by atoms with van der Waals surface area (Å²) in [5, 5.41) is 0. The molecule has 2 nitrogen and oxygen atoms in total. The Kier molecular flexibility index (Phi) is 5.12. The zero-order chi connectivity index (χ0) is 11.1. The highest BCUT2D eigenvalue weighted by molar-refractivity contribution is 7.98. The SMILES string of the molecule is CSc1ccc(CC(=O)CCC=O)cc1. The van der Waals surface area contributed by atoms with Crippen molar-refractivity contribution >= 4 is 23.8 Å². The summed E-state index contributed by atoms with van der Waals surface area (Å²) >= 11 is 1.68. The Labute approximate surface area is 94.1 Å². The molecule has 15 heavy (non-hydrogen) atoms. The first-order valence-electron chi connectivity index (χ1n) is 4.84. The molecular weight excluding hydrogens is 208 g/mol. The van der Waals surface area contributed by atoms with Crippen LogP contribution >= 0.6 is 11.8 Å². The van der Waals surface area contributed by atoms with Crippen LogP contribution in [0.4, 0.5) is 0 Å². The fourth-order valence-corrected chi connectivity index (χ4v) is 1.69. The molecule has 0 aliphatic heterocycles. The molecule has 1 aromatic carbocycles. The molecule has 0 amide bonds. The monoisotopic (exact) mass is 222 g/mol. The van der Waals surface area contributed by atoms with Crippen molar-refractivity contribution in [3.8, 4) is 0 Å². The van der Waals surface area contributed by atoms with Gasteiger partial charge < -0.3 is 4.79 Å². The molecule has 0 radical (unpaired) electrons. The maximum absolute atomic E-state index is 11.4. The second-order valence-electron chi connectivity index (χ2n) is 3.27. The van der Waals surface area contributed by atoms with Crippen LogP contribution < -0.4 is 0 Å². The number of aldehydes is 1. The highest BCUT2D eigenvalue weighted by atomic mass is 32.2. The van der Waals surface area contributed by atoms with E-state index >= 15 is 0 Å². The Hall–Kier alpha value is -1.09. The number of carbonyl (C=O) groups excluding carboxylic acids is 2. The van der Waals surface area contributed by atoms with Gasteiger partial charge in [-0.25, -0.2) is 0 Å². The van der Waals surface area contributed by atoms with Crippen LogP contribution in [0.15, 0.2) is 29.2 Å². The lowest BCUT2D eigenvalue weighted by Crippen LogP contribution is -2.02. The third-order valence-electron chi connectivity index (χ3n) is 2.10. The van der Waals surface area contributed by atoms with Crippen molar-refractivity contribution in [3.63, 3.8) is 0 Å². The van der Waals surface area contributed by atoms with Crippen LogP contribution in [0.25, 0.3) is 0 Å². The van der Waals surface area contributed by atoms with Gasteiger partial charge in [0.05, 0.1) is 0 Å². The summed E-state index contributed by atoms with van der Waals surface area (Å²) < 4.78 is 0. The number of benzene rings is 1. The van der Waals surface area contributed by atoms with E-state index in [1.807, 2.05) is 30.5 Å². The predicted molar refractivity (Wildman–Crippen MR) is 62.2 cm³/mol. The van der Waals surface area contributed by atoms with Crippen molar-refractivity contribution in [2.45, 2.75) is 24.2 Å². The largest absolute Gasteiger partial charge is 0.303 e. The molecule has 0 N–H and O–H groups in total. The highest BCUT2D eigenvalue weighted by Crippen LogP contribution is 2.15. The van der Waals surface area contributed by atoms with Crippen molar-refractivity contribution in [1.29, 1.82) is 0 Å². The van der Waals surface area contributed by atoms with Crippen molar-refractivity contribution in [3.05, 3.63) is 29.8 Å². The van der Waals surface area contributed by atoms with Crippen LogP contribution in [-0.2, 0) is 16.0 Å². The Bertz CT molecular complexity index is 330. The molecule has 0 aromatic heterocycles. The predicted octanol–water partition coefficient (Wildman–Crippen LogP) is 2.50. The molecule has 0 fully saturated rings. The molecule has 80 valence electrons. The standard InChI is InChI=1S/C12H14O2S/c1-15-12-6-4-10(5-7-12)9-11(14)3-2-8-13/h4-8H,2-3,9H2,1H3. The van der Waals surface area contributed by atoms with Gasteiger partial charge in [0.2, 0.25) is 0 Å². The number of carbonyl (C=O) groups is 2. The Morgan fingerprint density at radius 3 is 2.53 bits per heavy atom. The maximum atomic E-state index is 11.4. The summed E-state index contributed by atoms with van der Waals surface area (Å²) in [5.74, 6) is 0.124. The number of rotatable bonds is 6. The topological polar surface area (TPSA) is 34.1 Å². The quantitative estimate of drug-likeness (QED) is 0.548. The smallest absolute Gasteiger partial charge is 0.137 e. The Morgan fingerprint density at radius 1 is 1.33 bits per heavy atom. The second kappa shape index (κ2) is 6.40. The summed E-state index contributed by atoms with van der Waals surface area (Å²) in [6.45, 7) is 0. The minimum atomic E-state index is 0.124. The molecule has 0 heterocycles. The summed E-state index contributed by atoms with van der Waals surface area (Å²) in [6.07, 6.45) is 3.93. The van der Waals surface area contributed by atoms with Crippen LogP contribution in [0.5, 0.6) is 0 Å². The van der Waals surface area contributed by atoms with E-state index in [0.29, 0.717) is 19.3 Å². The zero-order valence-corrected chi connectivity index (χ0v) is 9.55. The third-order valence-corrected chi connectivity index (χ3v) is 2.84. The van der Waals surface area contributed by atoms with Gasteiger partial charge in [-0.2, -0.15) is 0 Å². The molecule has 0 unspecified atom stereocenters. The van der Waals surface area contributed by atoms with Gasteiger partial charge in [-0.3, -0.25) is 4.79 Å². The molecule has 0 atom stereocenters. The molecule has 1 rings (SSSR count). The number of hydrogen-bond donors (Lipinski definition) is 0. The van der Waals surface area contributed by atoms with E-state index in [1.165, 1.54) is 4.90 Å². The van der Waals surface area contributed by atoms with E-state index in [2.05, 4.69) is 0 Å². The highest BCUT2D eigenvalue weighted by Gasteiger charge is 2.03. The lowest BCUT2D eigenvalue weighted by molar-refractivity contribution is -0.120. The summed E-state index contributed by atoms with van der Waals surface area (Å²) in [5.41, 5.74) is 1.02. The molecule has 0 aliphatic carbocycles. The van der Waals surface area contributed by atoms with E-state index in [1.54, 1.807) is 11.8 Å². The van der Waals surface area contributed by atoms with E-state index in [0.717, 1.165) is 11.8 Å². The van der Waals surface area contributed by atoms with Crippen molar-refractivity contribution in [2.24, 2.45) is 0 Å². The molecule has 0 spiro atoms. The number of ketones is 1. The van der Waals surface area contributed by atoms with Crippen molar-refractivity contribution in [2.75, 3.05) is 6.26 Å². The van der Waals surface area contributed by atoms with Crippen LogP contribution in [0.3, 0.4) is 0 Å². The number of hydrogen-bond acceptors (Lipinski definition) is 3. The zero-order valence-electron chi connectivity index (χ0n) is 8.73. The normalized spacial score (nSPS) is 9.93. The molecule has 0 saturated carbocycles. The fourth-order valence-electron chi connectivity index (χ4n) is 1.28. The molecule has 1 aromatic rings. The number of Topliss-reactive ketones (excluding diaryl/α,β-unsaturated/α-hetero) is 1. The first kappa shape index (κ1) is 12.0. The van der Waals surface area contributed by atoms with E-state index < -0.39 is 0 Å². The van der Waals surface area contributed by atoms with Crippen LogP contribution in [0.2, 0.25) is 0 Å². The molecule has 0 saturated heterocycles. The second-order valence-corrected chi connectivity index (χ2v) is 4.15. The average molecular weight is 222 g/mol.